The molecule has 0 fully saturated rings. The third-order valence-electron chi connectivity index (χ3n) is 2.79. The number of aliphatic hydroxyl groups is 1. The first-order valence-corrected chi connectivity index (χ1v) is 7.07. The molecule has 3 aromatic rings. The van der Waals surface area contributed by atoms with Gasteiger partial charge in [0.2, 0.25) is 5.78 Å². The van der Waals surface area contributed by atoms with Crippen molar-refractivity contribution in [2.45, 2.75) is 6.42 Å². The van der Waals surface area contributed by atoms with Crippen LogP contribution in [0.5, 0.6) is 0 Å². The molecule has 3 rings (SSSR count). The van der Waals surface area contributed by atoms with E-state index in [9.17, 15) is 9.90 Å². The number of thiophene rings is 1. The molecule has 3 heterocycles. The van der Waals surface area contributed by atoms with Crippen LogP contribution in [0.3, 0.4) is 0 Å². The van der Waals surface area contributed by atoms with Gasteiger partial charge >= 0.3 is 0 Å². The van der Waals surface area contributed by atoms with Gasteiger partial charge in [0.25, 0.3) is 0 Å². The summed E-state index contributed by atoms with van der Waals surface area (Å²) >= 11 is 1.61. The number of aromatic amines is 1. The van der Waals surface area contributed by atoms with E-state index in [4.69, 9.17) is 4.42 Å². The number of hydrogen-bond acceptors (Lipinski definition) is 6. The van der Waals surface area contributed by atoms with Gasteiger partial charge in [0.15, 0.2) is 17.3 Å². The van der Waals surface area contributed by atoms with Crippen molar-refractivity contribution in [2.24, 2.45) is 0 Å². The van der Waals surface area contributed by atoms with E-state index in [1.807, 2.05) is 16.8 Å². The Hall–Kier alpha value is -2.67. The molecular weight excluding hydrogens is 290 g/mol. The lowest BCUT2D eigenvalue weighted by atomic mass is 10.2. The highest BCUT2D eigenvalue weighted by atomic mass is 32.1. The maximum atomic E-state index is 12.0. The number of allylic oxidation sites excluding steroid dienone is 1. The lowest BCUT2D eigenvalue weighted by molar-refractivity contribution is 0.101. The smallest absolute Gasteiger partial charge is 0.224 e. The summed E-state index contributed by atoms with van der Waals surface area (Å²) in [6.07, 6.45) is 2.93. The summed E-state index contributed by atoms with van der Waals surface area (Å²) in [7, 11) is 0. The highest BCUT2D eigenvalue weighted by Crippen LogP contribution is 2.17. The predicted molar refractivity (Wildman–Crippen MR) is 77.2 cm³/mol. The molecule has 0 saturated heterocycles. The number of furan rings is 1. The van der Waals surface area contributed by atoms with Crippen molar-refractivity contribution < 1.29 is 14.3 Å². The number of H-pyrrole nitrogens is 1. The Balaban J connectivity index is 1.74. The largest absolute Gasteiger partial charge is 0.504 e. The van der Waals surface area contributed by atoms with Gasteiger partial charge in [-0.1, -0.05) is 0 Å². The van der Waals surface area contributed by atoms with Gasteiger partial charge < -0.3 is 9.52 Å². The van der Waals surface area contributed by atoms with Gasteiger partial charge in [0, 0.05) is 12.5 Å². The van der Waals surface area contributed by atoms with Crippen LogP contribution >= 0.6 is 11.3 Å². The van der Waals surface area contributed by atoms with Gasteiger partial charge in [-0.2, -0.15) is 16.4 Å². The van der Waals surface area contributed by atoms with Crippen LogP contribution in [0.4, 0.5) is 0 Å². The second-order valence-electron chi connectivity index (χ2n) is 4.30. The molecule has 0 aliphatic rings. The maximum Gasteiger partial charge on any atom is 0.224 e. The van der Waals surface area contributed by atoms with Gasteiger partial charge in [0.1, 0.15) is 12.1 Å². The molecule has 6 nitrogen and oxygen atoms in total. The second kappa shape index (κ2) is 5.76. The predicted octanol–water partition coefficient (Wildman–Crippen LogP) is 2.83. The fourth-order valence-corrected chi connectivity index (χ4v) is 2.46. The number of ketones is 1. The summed E-state index contributed by atoms with van der Waals surface area (Å²) < 4.78 is 5.49. The van der Waals surface area contributed by atoms with E-state index in [2.05, 4.69) is 15.2 Å². The molecule has 7 heteroatoms. The maximum absolute atomic E-state index is 12.0. The van der Waals surface area contributed by atoms with Crippen molar-refractivity contribution in [1.29, 1.82) is 0 Å². The number of nitrogens with zero attached hydrogens (tertiary/aromatic N) is 2. The van der Waals surface area contributed by atoms with E-state index in [0.29, 0.717) is 12.2 Å². The van der Waals surface area contributed by atoms with Gasteiger partial charge in [-0.05, 0) is 34.5 Å². The molecule has 0 unspecified atom stereocenters. The Morgan fingerprint density at radius 1 is 1.43 bits per heavy atom. The van der Waals surface area contributed by atoms with Crippen molar-refractivity contribution in [3.05, 3.63) is 64.3 Å². The number of aromatic nitrogens is 3. The summed E-state index contributed by atoms with van der Waals surface area (Å²) in [5.41, 5.74) is 1.13. The Labute approximate surface area is 123 Å². The number of carbonyl (C=O) groups is 1. The number of aliphatic hydroxyl groups excluding tert-OH is 1. The first-order chi connectivity index (χ1) is 10.2. The minimum atomic E-state index is -0.430. The number of nitrogens with one attached hydrogen (secondary N) is 1. The van der Waals surface area contributed by atoms with Crippen LogP contribution < -0.4 is 0 Å². The first kappa shape index (κ1) is 13.3. The van der Waals surface area contributed by atoms with Crippen LogP contribution in [0.15, 0.2) is 45.8 Å². The standard InChI is InChI=1S/C14H11N3O3S/c18-11(6-12(19)14-15-8-16-17-14)13-2-1-10(20-13)5-9-3-4-21-7-9/h1-4,6-8,19H,5H2,(H,15,16,17)/b12-6+. The Morgan fingerprint density at radius 3 is 3.05 bits per heavy atom. The van der Waals surface area contributed by atoms with E-state index in [1.165, 1.54) is 6.33 Å². The summed E-state index contributed by atoms with van der Waals surface area (Å²) in [6.45, 7) is 0. The average Bonchev–Trinajstić information content (AvgIpc) is 3.22. The zero-order valence-corrected chi connectivity index (χ0v) is 11.6. The van der Waals surface area contributed by atoms with E-state index in [0.717, 1.165) is 11.6 Å². The normalized spacial score (nSPS) is 11.7. The van der Waals surface area contributed by atoms with Crippen molar-refractivity contribution in [3.8, 4) is 0 Å². The van der Waals surface area contributed by atoms with E-state index < -0.39 is 5.78 Å². The highest BCUT2D eigenvalue weighted by molar-refractivity contribution is 7.07. The quantitative estimate of drug-likeness (QED) is 0.429. The van der Waals surface area contributed by atoms with Crippen molar-refractivity contribution in [3.63, 3.8) is 0 Å². The van der Waals surface area contributed by atoms with Crippen LogP contribution in [0.2, 0.25) is 0 Å². The number of hydrogen-bond donors (Lipinski definition) is 2. The summed E-state index contributed by atoms with van der Waals surface area (Å²) in [5, 5.41) is 19.8. The van der Waals surface area contributed by atoms with Gasteiger partial charge in [-0.25, -0.2) is 4.98 Å². The topological polar surface area (TPSA) is 92.0 Å². The highest BCUT2D eigenvalue weighted by Gasteiger charge is 2.12. The number of rotatable bonds is 5. The SMILES string of the molecule is O=C(/C=C(/O)c1ncn[nH]1)c1ccc(Cc2ccsc2)o1. The molecule has 0 spiro atoms. The fraction of sp³-hybridized carbons (Fsp3) is 0.0714. The molecule has 3 aromatic heterocycles. The molecule has 0 radical (unpaired) electrons. The monoisotopic (exact) mass is 301 g/mol. The van der Waals surface area contributed by atoms with Crippen LogP contribution in [0, 0.1) is 0 Å². The van der Waals surface area contributed by atoms with E-state index in [1.54, 1.807) is 23.5 Å². The molecule has 0 bridgehead atoms. The van der Waals surface area contributed by atoms with Crippen LogP contribution in [0.25, 0.3) is 5.76 Å². The molecule has 0 amide bonds. The number of carbonyl (C=O) groups excluding carboxylic acids is 1. The zero-order chi connectivity index (χ0) is 14.7. The summed E-state index contributed by atoms with van der Waals surface area (Å²) in [6, 6.07) is 5.35. The van der Waals surface area contributed by atoms with Crippen molar-refractivity contribution in [1.82, 2.24) is 15.2 Å². The minimum Gasteiger partial charge on any atom is -0.504 e. The zero-order valence-electron chi connectivity index (χ0n) is 10.8. The third-order valence-corrected chi connectivity index (χ3v) is 3.52. The molecule has 21 heavy (non-hydrogen) atoms. The Kier molecular flexibility index (Phi) is 3.65. The van der Waals surface area contributed by atoms with E-state index >= 15 is 0 Å². The molecule has 0 aliphatic heterocycles. The van der Waals surface area contributed by atoms with Crippen molar-refractivity contribution >= 4 is 22.9 Å². The minimum absolute atomic E-state index is 0.133. The van der Waals surface area contributed by atoms with Gasteiger partial charge in [0.05, 0.1) is 0 Å². The average molecular weight is 301 g/mol. The first-order valence-electron chi connectivity index (χ1n) is 6.13. The summed E-state index contributed by atoms with van der Waals surface area (Å²) in [5.74, 6) is 0.290. The summed E-state index contributed by atoms with van der Waals surface area (Å²) in [4.78, 5) is 15.7. The van der Waals surface area contributed by atoms with Gasteiger partial charge in [-0.15, -0.1) is 0 Å². The van der Waals surface area contributed by atoms with E-state index in [-0.39, 0.29) is 17.3 Å². The Bertz CT molecular complexity index is 757. The molecular formula is C14H11N3O3S. The molecule has 106 valence electrons. The van der Waals surface area contributed by atoms with Crippen LogP contribution in [-0.4, -0.2) is 26.1 Å². The molecule has 0 aliphatic carbocycles. The van der Waals surface area contributed by atoms with Crippen molar-refractivity contribution in [2.75, 3.05) is 0 Å². The second-order valence-corrected chi connectivity index (χ2v) is 5.08. The fourth-order valence-electron chi connectivity index (χ4n) is 1.79. The third kappa shape index (κ3) is 3.09. The van der Waals surface area contributed by atoms with Crippen LogP contribution in [-0.2, 0) is 6.42 Å². The molecule has 0 atom stereocenters. The lowest BCUT2D eigenvalue weighted by Gasteiger charge is -1.95. The Morgan fingerprint density at radius 2 is 2.33 bits per heavy atom. The molecule has 0 aromatic carbocycles. The van der Waals surface area contributed by atoms with Gasteiger partial charge in [-0.3, -0.25) is 9.89 Å². The molecule has 0 saturated carbocycles. The molecule has 2 N–H and O–H groups in total. The lowest BCUT2D eigenvalue weighted by Crippen LogP contribution is -1.96. The van der Waals surface area contributed by atoms with Crippen LogP contribution in [0.1, 0.15) is 27.7 Å².